The maximum absolute atomic E-state index is 14.2. The van der Waals surface area contributed by atoms with Crippen LogP contribution in [-0.4, -0.2) is 63.7 Å². The molecule has 0 aliphatic carbocycles. The van der Waals surface area contributed by atoms with Gasteiger partial charge in [0.15, 0.2) is 0 Å². The second-order valence-corrected chi connectivity index (χ2v) is 11.7. The Balaban J connectivity index is 1.39. The number of piperazine rings is 1. The van der Waals surface area contributed by atoms with Gasteiger partial charge in [0.1, 0.15) is 6.04 Å². The Kier molecular flexibility index (Phi) is 10.2. The zero-order valence-electron chi connectivity index (χ0n) is 24.1. The topological polar surface area (TPSA) is 56.8 Å². The molecule has 3 heterocycles. The number of nitrogens with zero attached hydrogens (tertiary/aromatic N) is 4. The summed E-state index contributed by atoms with van der Waals surface area (Å²) in [6.07, 6.45) is 1.97. The largest absolute Gasteiger partial charge is 0.416 e. The number of pyridine rings is 1. The summed E-state index contributed by atoms with van der Waals surface area (Å²) in [6, 6.07) is 21.1. The summed E-state index contributed by atoms with van der Waals surface area (Å²) < 4.78 is 39.1. The van der Waals surface area contributed by atoms with E-state index in [1.807, 2.05) is 47.4 Å². The minimum absolute atomic E-state index is 0.134. The molecule has 1 fully saturated rings. The van der Waals surface area contributed by atoms with Crippen molar-refractivity contribution in [3.05, 3.63) is 130 Å². The molecular formula is C34H33F3N4O2S. The maximum Gasteiger partial charge on any atom is 0.416 e. The van der Waals surface area contributed by atoms with E-state index in [2.05, 4.69) is 21.3 Å². The second-order valence-electron chi connectivity index (χ2n) is 10.7. The fourth-order valence-electron chi connectivity index (χ4n) is 5.20. The van der Waals surface area contributed by atoms with Crippen LogP contribution in [0.4, 0.5) is 13.2 Å². The van der Waals surface area contributed by atoms with Gasteiger partial charge in [0.05, 0.1) is 5.56 Å². The van der Waals surface area contributed by atoms with Crippen LogP contribution in [0, 0.1) is 0 Å². The molecule has 0 radical (unpaired) electrons. The molecule has 0 N–H and O–H groups in total. The SMILES string of the molecule is O=C([C@H](Cc1ccccc1)N(Cc1cccnc1)C(=O)C=Cc1ccc(C(F)(F)F)cc1)N1CCN(Cc2cccs2)CC1. The molecule has 10 heteroatoms. The predicted octanol–water partition coefficient (Wildman–Crippen LogP) is 6.16. The van der Waals surface area contributed by atoms with Crippen LogP contribution in [0.1, 0.15) is 27.1 Å². The fourth-order valence-corrected chi connectivity index (χ4v) is 5.95. The molecule has 4 aromatic rings. The lowest BCUT2D eigenvalue weighted by Crippen LogP contribution is -2.56. The standard InChI is InChI=1S/C34H33F3N4O2S/c35-34(36,37)29-13-10-26(11-14-29)12-15-32(42)41(24-28-8-4-16-38-23-28)31(22-27-6-2-1-3-7-27)33(43)40-19-17-39(18-20-40)25-30-9-5-21-44-30/h1-16,21,23,31H,17-20,22,24-25H2/t31-/m0/s1. The van der Waals surface area contributed by atoms with E-state index < -0.39 is 23.7 Å². The molecule has 2 aromatic heterocycles. The molecule has 1 aliphatic rings. The quantitative estimate of drug-likeness (QED) is 0.200. The molecule has 228 valence electrons. The number of thiophene rings is 1. The Morgan fingerprint density at radius 3 is 2.27 bits per heavy atom. The molecule has 0 bridgehead atoms. The molecule has 44 heavy (non-hydrogen) atoms. The number of benzene rings is 2. The van der Waals surface area contributed by atoms with Crippen molar-refractivity contribution in [2.75, 3.05) is 26.2 Å². The van der Waals surface area contributed by atoms with Crippen molar-refractivity contribution in [2.45, 2.75) is 31.7 Å². The van der Waals surface area contributed by atoms with Crippen molar-refractivity contribution in [2.24, 2.45) is 0 Å². The molecular weight excluding hydrogens is 585 g/mol. The van der Waals surface area contributed by atoms with Gasteiger partial charge in [0, 0.05) is 69.0 Å². The first-order valence-corrected chi connectivity index (χ1v) is 15.3. The maximum atomic E-state index is 14.2. The summed E-state index contributed by atoms with van der Waals surface area (Å²) in [5, 5.41) is 2.06. The molecule has 5 rings (SSSR count). The van der Waals surface area contributed by atoms with Gasteiger partial charge >= 0.3 is 6.18 Å². The molecule has 0 saturated carbocycles. The Morgan fingerprint density at radius 2 is 1.64 bits per heavy atom. The molecule has 2 aromatic carbocycles. The van der Waals surface area contributed by atoms with Gasteiger partial charge < -0.3 is 9.80 Å². The number of rotatable bonds is 10. The van der Waals surface area contributed by atoms with Gasteiger partial charge in [-0.15, -0.1) is 11.3 Å². The van der Waals surface area contributed by atoms with Crippen molar-refractivity contribution in [3.8, 4) is 0 Å². The number of aromatic nitrogens is 1. The highest BCUT2D eigenvalue weighted by Gasteiger charge is 2.34. The molecule has 0 unspecified atom stereocenters. The third kappa shape index (κ3) is 8.42. The Bertz CT molecular complexity index is 1520. The molecule has 0 spiro atoms. The van der Waals surface area contributed by atoms with Crippen molar-refractivity contribution >= 4 is 29.2 Å². The second kappa shape index (κ2) is 14.5. The number of alkyl halides is 3. The monoisotopic (exact) mass is 618 g/mol. The van der Waals surface area contributed by atoms with E-state index >= 15 is 0 Å². The van der Waals surface area contributed by atoms with Crippen LogP contribution in [0.5, 0.6) is 0 Å². The Labute approximate surface area is 259 Å². The molecule has 1 aliphatic heterocycles. The van der Waals surface area contributed by atoms with E-state index in [1.165, 1.54) is 29.2 Å². The summed E-state index contributed by atoms with van der Waals surface area (Å²) >= 11 is 1.71. The highest BCUT2D eigenvalue weighted by atomic mass is 32.1. The van der Waals surface area contributed by atoms with E-state index in [9.17, 15) is 22.8 Å². The van der Waals surface area contributed by atoms with Crippen molar-refractivity contribution < 1.29 is 22.8 Å². The van der Waals surface area contributed by atoms with E-state index in [4.69, 9.17) is 0 Å². The summed E-state index contributed by atoms with van der Waals surface area (Å²) in [5.41, 5.74) is 1.36. The lowest BCUT2D eigenvalue weighted by Gasteiger charge is -2.39. The van der Waals surface area contributed by atoms with Crippen LogP contribution in [0.25, 0.3) is 6.08 Å². The first-order chi connectivity index (χ1) is 21.3. The minimum Gasteiger partial charge on any atom is -0.338 e. The first-order valence-electron chi connectivity index (χ1n) is 14.4. The van der Waals surface area contributed by atoms with Crippen molar-refractivity contribution in [1.82, 2.24) is 19.7 Å². The molecule has 6 nitrogen and oxygen atoms in total. The van der Waals surface area contributed by atoms with Gasteiger partial charge in [-0.3, -0.25) is 19.5 Å². The van der Waals surface area contributed by atoms with Gasteiger partial charge in [0.2, 0.25) is 11.8 Å². The highest BCUT2D eigenvalue weighted by molar-refractivity contribution is 7.09. The number of carbonyl (C=O) groups is 2. The van der Waals surface area contributed by atoms with Crippen LogP contribution in [-0.2, 0) is 35.3 Å². The van der Waals surface area contributed by atoms with E-state index in [1.54, 1.807) is 34.7 Å². The summed E-state index contributed by atoms with van der Waals surface area (Å²) in [4.78, 5) is 39.3. The van der Waals surface area contributed by atoms with Gasteiger partial charge in [-0.2, -0.15) is 13.2 Å². The lowest BCUT2D eigenvalue weighted by atomic mass is 10.0. The van der Waals surface area contributed by atoms with Crippen LogP contribution < -0.4 is 0 Å². The third-order valence-electron chi connectivity index (χ3n) is 7.59. The molecule has 1 atom stereocenters. The average Bonchev–Trinajstić information content (AvgIpc) is 3.55. The van der Waals surface area contributed by atoms with E-state index in [0.717, 1.165) is 42.9 Å². The van der Waals surface area contributed by atoms with Gasteiger partial charge in [-0.05, 0) is 52.4 Å². The van der Waals surface area contributed by atoms with Crippen molar-refractivity contribution in [3.63, 3.8) is 0 Å². The minimum atomic E-state index is -4.45. The van der Waals surface area contributed by atoms with Crippen LogP contribution in [0.3, 0.4) is 0 Å². The zero-order valence-corrected chi connectivity index (χ0v) is 24.9. The summed E-state index contributed by atoms with van der Waals surface area (Å²) in [7, 11) is 0. The van der Waals surface area contributed by atoms with Gasteiger partial charge in [-0.1, -0.05) is 54.6 Å². The van der Waals surface area contributed by atoms with Crippen LogP contribution in [0.2, 0.25) is 0 Å². The number of hydrogen-bond donors (Lipinski definition) is 0. The number of hydrogen-bond acceptors (Lipinski definition) is 5. The Hall–Kier alpha value is -4.28. The van der Waals surface area contributed by atoms with Crippen LogP contribution >= 0.6 is 11.3 Å². The average molecular weight is 619 g/mol. The Morgan fingerprint density at radius 1 is 0.909 bits per heavy atom. The zero-order chi connectivity index (χ0) is 30.9. The van der Waals surface area contributed by atoms with Gasteiger partial charge in [-0.25, -0.2) is 0 Å². The fraction of sp³-hybridized carbons (Fsp3) is 0.265. The first kappa shape index (κ1) is 31.2. The van der Waals surface area contributed by atoms with E-state index in [-0.39, 0.29) is 12.5 Å². The summed E-state index contributed by atoms with van der Waals surface area (Å²) in [5.74, 6) is -0.552. The highest BCUT2D eigenvalue weighted by Crippen LogP contribution is 2.29. The van der Waals surface area contributed by atoms with Crippen molar-refractivity contribution in [1.29, 1.82) is 0 Å². The summed E-state index contributed by atoms with van der Waals surface area (Å²) in [6.45, 7) is 3.54. The van der Waals surface area contributed by atoms with Crippen LogP contribution in [0.15, 0.2) is 103 Å². The van der Waals surface area contributed by atoms with E-state index in [0.29, 0.717) is 25.1 Å². The number of halogens is 3. The number of amides is 2. The number of carbonyl (C=O) groups excluding carboxylic acids is 2. The molecule has 1 saturated heterocycles. The predicted molar refractivity (Wildman–Crippen MR) is 165 cm³/mol. The molecule has 2 amide bonds. The van der Waals surface area contributed by atoms with Gasteiger partial charge in [0.25, 0.3) is 0 Å². The normalized spacial score (nSPS) is 14.9. The third-order valence-corrected chi connectivity index (χ3v) is 8.45. The lowest BCUT2D eigenvalue weighted by molar-refractivity contribution is -0.145. The smallest absolute Gasteiger partial charge is 0.338 e.